The number of rotatable bonds is 3. The number of phenolic OH excluding ortho intramolecular Hbond substituents is 1. The molecule has 0 radical (unpaired) electrons. The monoisotopic (exact) mass is 291 g/mol. The maximum atomic E-state index is 10.9. The molecule has 0 bridgehead atoms. The van der Waals surface area contributed by atoms with Crippen molar-refractivity contribution in [1.82, 2.24) is 4.98 Å². The first kappa shape index (κ1) is 13.8. The number of hydrogen-bond acceptors (Lipinski definition) is 3. The van der Waals surface area contributed by atoms with E-state index in [2.05, 4.69) is 4.98 Å². The van der Waals surface area contributed by atoms with Gasteiger partial charge in [0.2, 0.25) is 0 Å². The van der Waals surface area contributed by atoms with E-state index in [1.54, 1.807) is 30.3 Å². The van der Waals surface area contributed by atoms with E-state index in [-0.39, 0.29) is 11.3 Å². The van der Waals surface area contributed by atoms with Gasteiger partial charge in [0.1, 0.15) is 5.75 Å². The summed E-state index contributed by atoms with van der Waals surface area (Å²) in [5, 5.41) is 19.4. The topological polar surface area (TPSA) is 70.4 Å². The molecule has 2 N–H and O–H groups in total. The van der Waals surface area contributed by atoms with E-state index in [9.17, 15) is 9.90 Å². The molecule has 0 amide bonds. The smallest absolute Gasteiger partial charge is 0.335 e. The minimum absolute atomic E-state index is 0.176. The van der Waals surface area contributed by atoms with Crippen LogP contribution in [0.2, 0.25) is 0 Å². The molecule has 2 aromatic carbocycles. The number of carbonyl (C=O) groups is 1. The summed E-state index contributed by atoms with van der Waals surface area (Å²) in [6.45, 7) is 0. The highest BCUT2D eigenvalue weighted by Gasteiger charge is 2.01. The summed E-state index contributed by atoms with van der Waals surface area (Å²) in [4.78, 5) is 15.4. The van der Waals surface area contributed by atoms with Gasteiger partial charge in [-0.2, -0.15) is 0 Å². The maximum Gasteiger partial charge on any atom is 0.335 e. The molecule has 0 unspecified atom stereocenters. The van der Waals surface area contributed by atoms with Gasteiger partial charge in [0.15, 0.2) is 0 Å². The van der Waals surface area contributed by atoms with Crippen LogP contribution in [-0.4, -0.2) is 21.2 Å². The minimum atomic E-state index is -0.949. The number of phenols is 1. The van der Waals surface area contributed by atoms with E-state index < -0.39 is 5.97 Å². The molecule has 0 aliphatic carbocycles. The van der Waals surface area contributed by atoms with Crippen LogP contribution in [-0.2, 0) is 0 Å². The molecule has 0 aliphatic rings. The lowest BCUT2D eigenvalue weighted by Crippen LogP contribution is -1.95. The van der Waals surface area contributed by atoms with E-state index in [1.165, 1.54) is 0 Å². The molecule has 1 aromatic heterocycles. The van der Waals surface area contributed by atoms with Gasteiger partial charge in [0.25, 0.3) is 0 Å². The highest BCUT2D eigenvalue weighted by Crippen LogP contribution is 2.19. The van der Waals surface area contributed by atoms with Gasteiger partial charge in [-0.15, -0.1) is 0 Å². The largest absolute Gasteiger partial charge is 0.508 e. The summed E-state index contributed by atoms with van der Waals surface area (Å²) < 4.78 is 0. The predicted molar refractivity (Wildman–Crippen MR) is 85.7 cm³/mol. The van der Waals surface area contributed by atoms with Crippen LogP contribution >= 0.6 is 0 Å². The van der Waals surface area contributed by atoms with Gasteiger partial charge in [-0.1, -0.05) is 24.3 Å². The lowest BCUT2D eigenvalue weighted by molar-refractivity contribution is 0.0697. The van der Waals surface area contributed by atoms with E-state index in [1.807, 2.05) is 36.4 Å². The molecule has 0 aliphatic heterocycles. The molecule has 4 nitrogen and oxygen atoms in total. The second-order valence-corrected chi connectivity index (χ2v) is 4.88. The van der Waals surface area contributed by atoms with Crippen LogP contribution in [0, 0.1) is 0 Å². The summed E-state index contributed by atoms with van der Waals surface area (Å²) >= 11 is 0. The Morgan fingerprint density at radius 2 is 1.82 bits per heavy atom. The lowest BCUT2D eigenvalue weighted by atomic mass is 10.1. The third kappa shape index (κ3) is 2.96. The van der Waals surface area contributed by atoms with Crippen molar-refractivity contribution < 1.29 is 15.0 Å². The Kier molecular flexibility index (Phi) is 3.58. The number of hydrogen-bond donors (Lipinski definition) is 2. The second kappa shape index (κ2) is 5.69. The molecule has 0 spiro atoms. The van der Waals surface area contributed by atoms with E-state index in [4.69, 9.17) is 5.11 Å². The van der Waals surface area contributed by atoms with Crippen LogP contribution in [0.1, 0.15) is 21.6 Å². The zero-order valence-electron chi connectivity index (χ0n) is 11.6. The van der Waals surface area contributed by atoms with Crippen LogP contribution in [0.15, 0.2) is 54.6 Å². The quantitative estimate of drug-likeness (QED) is 0.769. The molecular formula is C18H13NO3. The van der Waals surface area contributed by atoms with E-state index in [0.717, 1.165) is 16.6 Å². The number of benzene rings is 2. The number of carboxylic acids is 1. The molecule has 0 atom stereocenters. The average Bonchev–Trinajstić information content (AvgIpc) is 2.52. The Labute approximate surface area is 127 Å². The standard InChI is InChI=1S/C18H13NO3/c20-16-9-6-13-5-8-15(19-17(13)11-16)7-4-12-2-1-3-14(10-12)18(21)22/h1-11,20H,(H,21,22)/b7-4+. The number of pyridine rings is 1. The van der Waals surface area contributed by atoms with Crippen LogP contribution in [0.3, 0.4) is 0 Å². The van der Waals surface area contributed by atoms with Crippen molar-refractivity contribution >= 4 is 29.0 Å². The fraction of sp³-hybridized carbons (Fsp3) is 0. The molecular weight excluding hydrogens is 278 g/mol. The first-order valence-corrected chi connectivity index (χ1v) is 6.73. The highest BCUT2D eigenvalue weighted by atomic mass is 16.4. The molecule has 0 saturated carbocycles. The summed E-state index contributed by atoms with van der Waals surface area (Å²) in [6.07, 6.45) is 3.62. The third-order valence-corrected chi connectivity index (χ3v) is 3.28. The number of aromatic nitrogens is 1. The Balaban J connectivity index is 1.92. The van der Waals surface area contributed by atoms with Crippen molar-refractivity contribution in [2.75, 3.05) is 0 Å². The number of nitrogens with zero attached hydrogens (tertiary/aromatic N) is 1. The van der Waals surface area contributed by atoms with Crippen molar-refractivity contribution in [1.29, 1.82) is 0 Å². The van der Waals surface area contributed by atoms with Crippen molar-refractivity contribution in [2.45, 2.75) is 0 Å². The first-order chi connectivity index (χ1) is 10.6. The van der Waals surface area contributed by atoms with E-state index in [0.29, 0.717) is 5.52 Å². The van der Waals surface area contributed by atoms with Crippen molar-refractivity contribution in [2.24, 2.45) is 0 Å². The Morgan fingerprint density at radius 3 is 2.64 bits per heavy atom. The van der Waals surface area contributed by atoms with Crippen molar-refractivity contribution in [3.63, 3.8) is 0 Å². The maximum absolute atomic E-state index is 10.9. The summed E-state index contributed by atoms with van der Waals surface area (Å²) in [5.41, 5.74) is 2.48. The van der Waals surface area contributed by atoms with Gasteiger partial charge in [0, 0.05) is 11.5 Å². The van der Waals surface area contributed by atoms with Crippen molar-refractivity contribution in [3.05, 3.63) is 71.4 Å². The molecule has 3 rings (SSSR count). The van der Waals surface area contributed by atoms with Gasteiger partial charge in [-0.05, 0) is 42.0 Å². The summed E-state index contributed by atoms with van der Waals surface area (Å²) in [6, 6.07) is 15.5. The minimum Gasteiger partial charge on any atom is -0.508 e. The molecule has 4 heteroatoms. The van der Waals surface area contributed by atoms with Crippen LogP contribution < -0.4 is 0 Å². The van der Waals surface area contributed by atoms with Gasteiger partial charge < -0.3 is 10.2 Å². The molecule has 22 heavy (non-hydrogen) atoms. The molecule has 3 aromatic rings. The lowest BCUT2D eigenvalue weighted by Gasteiger charge is -2.00. The Morgan fingerprint density at radius 1 is 1.00 bits per heavy atom. The van der Waals surface area contributed by atoms with Crippen molar-refractivity contribution in [3.8, 4) is 5.75 Å². The number of aromatic hydroxyl groups is 1. The Bertz CT molecular complexity index is 884. The molecule has 0 fully saturated rings. The van der Waals surface area contributed by atoms with Crippen LogP contribution in [0.4, 0.5) is 0 Å². The normalized spacial score (nSPS) is 11.1. The zero-order chi connectivity index (χ0) is 15.5. The summed E-state index contributed by atoms with van der Waals surface area (Å²) in [5.74, 6) is -0.773. The van der Waals surface area contributed by atoms with Crippen LogP contribution in [0.5, 0.6) is 5.75 Å². The third-order valence-electron chi connectivity index (χ3n) is 3.28. The number of aromatic carboxylic acids is 1. The zero-order valence-corrected chi connectivity index (χ0v) is 11.6. The van der Waals surface area contributed by atoms with Gasteiger partial charge >= 0.3 is 5.97 Å². The predicted octanol–water partition coefficient (Wildman–Crippen LogP) is 3.81. The second-order valence-electron chi connectivity index (χ2n) is 4.88. The average molecular weight is 291 g/mol. The van der Waals surface area contributed by atoms with Gasteiger partial charge in [-0.25, -0.2) is 9.78 Å². The molecule has 0 saturated heterocycles. The molecule has 1 heterocycles. The Hall–Kier alpha value is -3.14. The molecule has 108 valence electrons. The SMILES string of the molecule is O=C(O)c1cccc(/C=C/c2ccc3ccc(O)cc3n2)c1. The van der Waals surface area contributed by atoms with Crippen LogP contribution in [0.25, 0.3) is 23.1 Å². The number of carboxylic acid groups (broad SMARTS) is 1. The summed E-state index contributed by atoms with van der Waals surface area (Å²) in [7, 11) is 0. The fourth-order valence-electron chi connectivity index (χ4n) is 2.17. The fourth-order valence-corrected chi connectivity index (χ4v) is 2.17. The first-order valence-electron chi connectivity index (χ1n) is 6.73. The van der Waals surface area contributed by atoms with Gasteiger partial charge in [0.05, 0.1) is 16.8 Å². The van der Waals surface area contributed by atoms with Gasteiger partial charge in [-0.3, -0.25) is 0 Å². The van der Waals surface area contributed by atoms with E-state index >= 15 is 0 Å². The number of fused-ring (bicyclic) bond motifs is 1. The highest BCUT2D eigenvalue weighted by molar-refractivity contribution is 5.89.